The van der Waals surface area contributed by atoms with Crippen LogP contribution in [0.5, 0.6) is 0 Å². The van der Waals surface area contributed by atoms with Crippen molar-refractivity contribution in [2.45, 2.75) is 109 Å². The molecule has 0 aliphatic heterocycles. The minimum Gasteiger partial charge on any atom is -0.193 e. The van der Waals surface area contributed by atoms with Gasteiger partial charge >= 0.3 is 0 Å². The van der Waals surface area contributed by atoms with Gasteiger partial charge in [0.25, 0.3) is 0 Å². The largest absolute Gasteiger partial charge is 0.193 e. The first-order chi connectivity index (χ1) is 15.8. The van der Waals surface area contributed by atoms with E-state index < -0.39 is 0 Å². The summed E-state index contributed by atoms with van der Waals surface area (Å²) in [4.78, 5) is 0. The molecule has 1 heteroatoms. The number of hydrogen-bond donors (Lipinski definition) is 0. The Morgan fingerprint density at radius 2 is 1.41 bits per heavy atom. The van der Waals surface area contributed by atoms with Crippen molar-refractivity contribution in [1.29, 1.82) is 5.26 Å². The van der Waals surface area contributed by atoms with Gasteiger partial charge in [-0.3, -0.25) is 0 Å². The number of nitriles is 1. The molecule has 0 N–H and O–H groups in total. The van der Waals surface area contributed by atoms with Crippen LogP contribution < -0.4 is 0 Å². The average molecular weight is 432 g/mol. The molecule has 3 rings (SSSR count). The molecule has 2 fully saturated rings. The number of benzene rings is 1. The number of hydrogen-bond acceptors (Lipinski definition) is 1. The Labute approximate surface area is 198 Å². The first-order valence-electron chi connectivity index (χ1n) is 13.6. The van der Waals surface area contributed by atoms with Crippen LogP contribution in [0.3, 0.4) is 0 Å². The number of allylic oxidation sites excluding steroid dienone is 4. The normalized spacial score (nSPS) is 26.5. The second kappa shape index (κ2) is 14.4. The number of unbranched alkanes of at least 4 members (excludes halogenated alkanes) is 1. The second-order valence-corrected chi connectivity index (χ2v) is 10.5. The molecule has 1 aromatic carbocycles. The Balaban J connectivity index is 1.28. The summed E-state index contributed by atoms with van der Waals surface area (Å²) >= 11 is 0. The van der Waals surface area contributed by atoms with E-state index in [9.17, 15) is 0 Å². The zero-order valence-electron chi connectivity index (χ0n) is 20.5. The van der Waals surface area contributed by atoms with Crippen molar-refractivity contribution in [1.82, 2.24) is 0 Å². The molecular weight excluding hydrogens is 386 g/mol. The van der Waals surface area contributed by atoms with Crippen molar-refractivity contribution in [2.24, 2.45) is 17.8 Å². The van der Waals surface area contributed by atoms with Gasteiger partial charge in [-0.25, -0.2) is 0 Å². The SMILES string of the molecule is CCCCc1ccc(C2CCC(CCC3CCC(CCC=CC=CC#N)CC3)CC2)cc1. The quantitative estimate of drug-likeness (QED) is 0.253. The van der Waals surface area contributed by atoms with Crippen molar-refractivity contribution in [3.63, 3.8) is 0 Å². The summed E-state index contributed by atoms with van der Waals surface area (Å²) in [6, 6.07) is 11.7. The molecule has 0 atom stereocenters. The van der Waals surface area contributed by atoms with Gasteiger partial charge in [0.1, 0.15) is 0 Å². The first kappa shape index (κ1) is 24.8. The molecule has 0 amide bonds. The second-order valence-electron chi connectivity index (χ2n) is 10.5. The van der Waals surface area contributed by atoms with Gasteiger partial charge in [0, 0.05) is 6.08 Å². The Morgan fingerprint density at radius 1 is 0.812 bits per heavy atom. The predicted octanol–water partition coefficient (Wildman–Crippen LogP) is 9.31. The Morgan fingerprint density at radius 3 is 2.00 bits per heavy atom. The third kappa shape index (κ3) is 8.61. The Kier molecular flexibility index (Phi) is 11.1. The lowest BCUT2D eigenvalue weighted by molar-refractivity contribution is 0.225. The van der Waals surface area contributed by atoms with E-state index in [2.05, 4.69) is 37.3 Å². The fraction of sp³-hybridized carbons (Fsp3) is 0.645. The average Bonchev–Trinajstić information content (AvgIpc) is 2.85. The Hall–Kier alpha value is -1.81. The van der Waals surface area contributed by atoms with Crippen LogP contribution >= 0.6 is 0 Å². The summed E-state index contributed by atoms with van der Waals surface area (Å²) < 4.78 is 0. The number of rotatable bonds is 11. The molecule has 0 aromatic heterocycles. The smallest absolute Gasteiger partial charge is 0.0912 e. The van der Waals surface area contributed by atoms with E-state index in [4.69, 9.17) is 5.26 Å². The molecule has 1 aromatic rings. The fourth-order valence-electron chi connectivity index (χ4n) is 6.01. The lowest BCUT2D eigenvalue weighted by atomic mass is 9.74. The zero-order chi connectivity index (χ0) is 22.4. The van der Waals surface area contributed by atoms with E-state index in [1.54, 1.807) is 11.6 Å². The molecule has 0 radical (unpaired) electrons. The van der Waals surface area contributed by atoms with E-state index in [1.807, 2.05) is 18.2 Å². The predicted molar refractivity (Wildman–Crippen MR) is 138 cm³/mol. The third-order valence-corrected chi connectivity index (χ3v) is 8.23. The molecule has 2 aliphatic rings. The minimum absolute atomic E-state index is 0.811. The molecule has 2 saturated carbocycles. The zero-order valence-corrected chi connectivity index (χ0v) is 20.5. The standard InChI is InChI=1S/C31H45N/c1-2-3-9-26-17-21-30(22-18-26)31-23-19-29(20-24-31)16-15-28-13-11-27(12-14-28)10-7-5-4-6-8-25-32/h4-6,8,17-18,21-22,27-29,31H,2-3,7,9-16,19-20,23-24H2,1H3. The van der Waals surface area contributed by atoms with Crippen LogP contribution in [0.1, 0.15) is 114 Å². The van der Waals surface area contributed by atoms with Crippen molar-refractivity contribution in [3.05, 3.63) is 59.7 Å². The van der Waals surface area contributed by atoms with Gasteiger partial charge in [-0.05, 0) is 86.2 Å². The summed E-state index contributed by atoms with van der Waals surface area (Å²) in [5.74, 6) is 3.72. The van der Waals surface area contributed by atoms with E-state index >= 15 is 0 Å². The minimum atomic E-state index is 0.811. The molecule has 174 valence electrons. The van der Waals surface area contributed by atoms with Gasteiger partial charge in [0.05, 0.1) is 6.07 Å². The van der Waals surface area contributed by atoms with Crippen LogP contribution in [0.4, 0.5) is 0 Å². The van der Waals surface area contributed by atoms with E-state index in [-0.39, 0.29) is 0 Å². The summed E-state index contributed by atoms with van der Waals surface area (Å²) in [5.41, 5.74) is 3.11. The summed E-state index contributed by atoms with van der Waals surface area (Å²) in [7, 11) is 0. The van der Waals surface area contributed by atoms with Gasteiger partial charge in [0.15, 0.2) is 0 Å². The van der Waals surface area contributed by atoms with Gasteiger partial charge in [-0.2, -0.15) is 5.26 Å². The van der Waals surface area contributed by atoms with Gasteiger partial charge < -0.3 is 0 Å². The number of nitrogens with zero attached hydrogens (tertiary/aromatic N) is 1. The maximum Gasteiger partial charge on any atom is 0.0912 e. The molecule has 0 saturated heterocycles. The van der Waals surface area contributed by atoms with E-state index in [0.717, 1.165) is 30.1 Å². The monoisotopic (exact) mass is 431 g/mol. The lowest BCUT2D eigenvalue weighted by Gasteiger charge is -2.32. The third-order valence-electron chi connectivity index (χ3n) is 8.23. The van der Waals surface area contributed by atoms with E-state index in [0.29, 0.717) is 0 Å². The highest BCUT2D eigenvalue weighted by atomic mass is 14.3. The number of aryl methyl sites for hydroxylation is 1. The van der Waals surface area contributed by atoms with Crippen molar-refractivity contribution in [3.8, 4) is 6.07 Å². The summed E-state index contributed by atoms with van der Waals surface area (Å²) in [5, 5.41) is 8.50. The molecule has 0 heterocycles. The first-order valence-corrected chi connectivity index (χ1v) is 13.6. The van der Waals surface area contributed by atoms with Gasteiger partial charge in [-0.15, -0.1) is 0 Å². The van der Waals surface area contributed by atoms with Crippen LogP contribution in [-0.2, 0) is 6.42 Å². The fourth-order valence-corrected chi connectivity index (χ4v) is 6.01. The van der Waals surface area contributed by atoms with Crippen molar-refractivity contribution in [2.75, 3.05) is 0 Å². The molecular formula is C31H45N. The van der Waals surface area contributed by atoms with Crippen LogP contribution in [0, 0.1) is 29.1 Å². The van der Waals surface area contributed by atoms with Gasteiger partial charge in [0.2, 0.25) is 0 Å². The molecule has 0 spiro atoms. The summed E-state index contributed by atoms with van der Waals surface area (Å²) in [6.07, 6.45) is 28.4. The molecule has 0 unspecified atom stereocenters. The molecule has 32 heavy (non-hydrogen) atoms. The van der Waals surface area contributed by atoms with Crippen molar-refractivity contribution < 1.29 is 0 Å². The maximum absolute atomic E-state index is 8.50. The van der Waals surface area contributed by atoms with Crippen molar-refractivity contribution >= 4 is 0 Å². The maximum atomic E-state index is 8.50. The van der Waals surface area contributed by atoms with Gasteiger partial charge in [-0.1, -0.05) is 94.4 Å². The molecule has 2 aliphatic carbocycles. The summed E-state index contributed by atoms with van der Waals surface area (Å²) in [6.45, 7) is 2.28. The van der Waals surface area contributed by atoms with Crippen LogP contribution in [-0.4, -0.2) is 0 Å². The van der Waals surface area contributed by atoms with Crippen LogP contribution in [0.2, 0.25) is 0 Å². The van der Waals surface area contributed by atoms with Crippen LogP contribution in [0.25, 0.3) is 0 Å². The highest BCUT2D eigenvalue weighted by Gasteiger charge is 2.25. The molecule has 0 bridgehead atoms. The lowest BCUT2D eigenvalue weighted by Crippen LogP contribution is -2.17. The highest BCUT2D eigenvalue weighted by molar-refractivity contribution is 5.26. The van der Waals surface area contributed by atoms with Crippen LogP contribution in [0.15, 0.2) is 48.6 Å². The van der Waals surface area contributed by atoms with E-state index in [1.165, 1.54) is 95.5 Å². The topological polar surface area (TPSA) is 23.8 Å². The molecule has 1 nitrogen and oxygen atoms in total. The Bertz CT molecular complexity index is 719. The highest BCUT2D eigenvalue weighted by Crippen LogP contribution is 2.40.